The number of nitrogens with two attached hydrogens (primary N) is 1. The van der Waals surface area contributed by atoms with Crippen LogP contribution in [-0.2, 0) is 4.74 Å². The first-order valence-electron chi connectivity index (χ1n) is 5.21. The first-order valence-corrected chi connectivity index (χ1v) is 5.21. The van der Waals surface area contributed by atoms with E-state index in [0.29, 0.717) is 12.0 Å². The van der Waals surface area contributed by atoms with Crippen LogP contribution in [0.5, 0.6) is 0 Å². The van der Waals surface area contributed by atoms with Gasteiger partial charge in [0.05, 0.1) is 6.10 Å². The van der Waals surface area contributed by atoms with Crippen molar-refractivity contribution in [3.05, 3.63) is 0 Å². The third kappa shape index (κ3) is 3.63. The van der Waals surface area contributed by atoms with Gasteiger partial charge in [0.15, 0.2) is 0 Å². The predicted molar refractivity (Wildman–Crippen MR) is 54.7 cm³/mol. The van der Waals surface area contributed by atoms with Gasteiger partial charge in [-0.15, -0.1) is 0 Å². The molecule has 1 heterocycles. The van der Waals surface area contributed by atoms with Gasteiger partial charge < -0.3 is 15.4 Å². The fourth-order valence-corrected chi connectivity index (χ4v) is 1.89. The van der Waals surface area contributed by atoms with Gasteiger partial charge in [0.2, 0.25) is 0 Å². The molecule has 2 atom stereocenters. The summed E-state index contributed by atoms with van der Waals surface area (Å²) >= 11 is 0. The Kier molecular flexibility index (Phi) is 4.70. The maximum absolute atomic E-state index is 5.60. The third-order valence-electron chi connectivity index (χ3n) is 2.77. The van der Waals surface area contributed by atoms with Crippen molar-refractivity contribution < 1.29 is 4.74 Å². The largest absolute Gasteiger partial charge is 0.380 e. The highest BCUT2D eigenvalue weighted by atomic mass is 16.5. The van der Waals surface area contributed by atoms with Gasteiger partial charge in [0.1, 0.15) is 0 Å². The van der Waals surface area contributed by atoms with E-state index in [-0.39, 0.29) is 0 Å². The van der Waals surface area contributed by atoms with Crippen molar-refractivity contribution in [3.63, 3.8) is 0 Å². The Morgan fingerprint density at radius 2 is 2.38 bits per heavy atom. The lowest BCUT2D eigenvalue weighted by atomic mass is 10.1. The molecule has 0 saturated carbocycles. The van der Waals surface area contributed by atoms with Crippen molar-refractivity contribution in [2.24, 2.45) is 11.7 Å². The molecule has 0 bridgehead atoms. The van der Waals surface area contributed by atoms with Gasteiger partial charge in [-0.25, -0.2) is 0 Å². The molecular weight excluding hydrogens is 164 g/mol. The Balaban J connectivity index is 2.25. The monoisotopic (exact) mass is 186 g/mol. The van der Waals surface area contributed by atoms with Gasteiger partial charge in [0.25, 0.3) is 0 Å². The molecule has 0 radical (unpaired) electrons. The molecule has 1 rings (SSSR count). The highest BCUT2D eigenvalue weighted by Gasteiger charge is 2.19. The lowest BCUT2D eigenvalue weighted by Gasteiger charge is -2.33. The SMILES string of the molecule is COC1CCCN(CC(C)CN)C1. The molecule has 2 N–H and O–H groups in total. The molecule has 2 unspecified atom stereocenters. The number of methoxy groups -OCH3 is 1. The average molecular weight is 186 g/mol. The molecule has 0 amide bonds. The van der Waals surface area contributed by atoms with Gasteiger partial charge in [-0.05, 0) is 31.8 Å². The van der Waals surface area contributed by atoms with Gasteiger partial charge in [-0.3, -0.25) is 0 Å². The lowest BCUT2D eigenvalue weighted by molar-refractivity contribution is 0.0271. The number of piperidine rings is 1. The molecule has 0 spiro atoms. The van der Waals surface area contributed by atoms with Crippen molar-refractivity contribution in [3.8, 4) is 0 Å². The minimum absolute atomic E-state index is 0.443. The Morgan fingerprint density at radius 1 is 1.62 bits per heavy atom. The van der Waals surface area contributed by atoms with Crippen molar-refractivity contribution >= 4 is 0 Å². The zero-order valence-electron chi connectivity index (χ0n) is 8.83. The van der Waals surface area contributed by atoms with Crippen molar-refractivity contribution in [1.82, 2.24) is 4.90 Å². The smallest absolute Gasteiger partial charge is 0.0698 e. The quantitative estimate of drug-likeness (QED) is 0.702. The van der Waals surface area contributed by atoms with Crippen LogP contribution >= 0.6 is 0 Å². The van der Waals surface area contributed by atoms with Crippen LogP contribution in [0.3, 0.4) is 0 Å². The molecule has 1 fully saturated rings. The summed E-state index contributed by atoms with van der Waals surface area (Å²) in [6.07, 6.45) is 2.92. The number of hydrogen-bond donors (Lipinski definition) is 1. The first-order chi connectivity index (χ1) is 6.26. The maximum atomic E-state index is 5.60. The molecule has 1 aliphatic heterocycles. The molecule has 1 aliphatic rings. The average Bonchev–Trinajstić information content (AvgIpc) is 2.18. The van der Waals surface area contributed by atoms with E-state index in [9.17, 15) is 0 Å². The zero-order valence-corrected chi connectivity index (χ0v) is 8.83. The van der Waals surface area contributed by atoms with Crippen LogP contribution in [0.2, 0.25) is 0 Å². The summed E-state index contributed by atoms with van der Waals surface area (Å²) in [7, 11) is 1.81. The van der Waals surface area contributed by atoms with Gasteiger partial charge in [-0.1, -0.05) is 6.92 Å². The summed E-state index contributed by atoms with van der Waals surface area (Å²) < 4.78 is 5.36. The maximum Gasteiger partial charge on any atom is 0.0698 e. The number of likely N-dealkylation sites (tertiary alicyclic amines) is 1. The topological polar surface area (TPSA) is 38.5 Å². The predicted octanol–water partition coefficient (Wildman–Crippen LogP) is 0.692. The minimum Gasteiger partial charge on any atom is -0.380 e. The number of ether oxygens (including phenoxy) is 1. The van der Waals surface area contributed by atoms with E-state index >= 15 is 0 Å². The Morgan fingerprint density at radius 3 is 3.00 bits per heavy atom. The van der Waals surface area contributed by atoms with Gasteiger partial charge in [-0.2, -0.15) is 0 Å². The first kappa shape index (κ1) is 11.0. The molecule has 0 aromatic rings. The Bertz CT molecular complexity index is 139. The van der Waals surface area contributed by atoms with Crippen molar-refractivity contribution in [2.45, 2.75) is 25.9 Å². The fraction of sp³-hybridized carbons (Fsp3) is 1.00. The molecular formula is C10H22N2O. The molecule has 0 aliphatic carbocycles. The van der Waals surface area contributed by atoms with Crippen LogP contribution in [0, 0.1) is 5.92 Å². The van der Waals surface area contributed by atoms with Crippen LogP contribution in [0.1, 0.15) is 19.8 Å². The highest BCUT2D eigenvalue weighted by molar-refractivity contribution is 4.74. The van der Waals surface area contributed by atoms with E-state index in [1.807, 2.05) is 0 Å². The van der Waals surface area contributed by atoms with Crippen molar-refractivity contribution in [1.29, 1.82) is 0 Å². The van der Waals surface area contributed by atoms with Crippen LogP contribution in [-0.4, -0.2) is 44.3 Å². The van der Waals surface area contributed by atoms with E-state index in [1.165, 1.54) is 19.4 Å². The van der Waals surface area contributed by atoms with E-state index < -0.39 is 0 Å². The summed E-state index contributed by atoms with van der Waals surface area (Å²) in [6, 6.07) is 0. The second kappa shape index (κ2) is 5.58. The van der Waals surface area contributed by atoms with E-state index in [0.717, 1.165) is 19.6 Å². The Labute approximate surface area is 81.2 Å². The van der Waals surface area contributed by atoms with Crippen LogP contribution < -0.4 is 5.73 Å². The number of hydrogen-bond acceptors (Lipinski definition) is 3. The van der Waals surface area contributed by atoms with E-state index in [2.05, 4.69) is 11.8 Å². The summed E-state index contributed by atoms with van der Waals surface area (Å²) in [5.41, 5.74) is 5.60. The van der Waals surface area contributed by atoms with Crippen LogP contribution in [0.25, 0.3) is 0 Å². The Hall–Kier alpha value is -0.120. The highest BCUT2D eigenvalue weighted by Crippen LogP contribution is 2.13. The van der Waals surface area contributed by atoms with Gasteiger partial charge >= 0.3 is 0 Å². The van der Waals surface area contributed by atoms with Crippen LogP contribution in [0.15, 0.2) is 0 Å². The lowest BCUT2D eigenvalue weighted by Crippen LogP contribution is -2.42. The summed E-state index contributed by atoms with van der Waals surface area (Å²) in [4.78, 5) is 2.47. The summed E-state index contributed by atoms with van der Waals surface area (Å²) in [5.74, 6) is 0.607. The zero-order chi connectivity index (χ0) is 9.68. The van der Waals surface area contributed by atoms with E-state index in [1.54, 1.807) is 7.11 Å². The van der Waals surface area contributed by atoms with Crippen molar-refractivity contribution in [2.75, 3.05) is 33.3 Å². The normalized spacial score (nSPS) is 27.5. The molecule has 1 saturated heterocycles. The summed E-state index contributed by atoms with van der Waals surface area (Å²) in [5, 5.41) is 0. The van der Waals surface area contributed by atoms with E-state index in [4.69, 9.17) is 10.5 Å². The molecule has 3 nitrogen and oxygen atoms in total. The second-order valence-corrected chi connectivity index (χ2v) is 4.10. The van der Waals surface area contributed by atoms with Crippen LogP contribution in [0.4, 0.5) is 0 Å². The fourth-order valence-electron chi connectivity index (χ4n) is 1.89. The number of rotatable bonds is 4. The molecule has 13 heavy (non-hydrogen) atoms. The second-order valence-electron chi connectivity index (χ2n) is 4.10. The molecule has 0 aromatic carbocycles. The molecule has 0 aromatic heterocycles. The molecule has 78 valence electrons. The van der Waals surface area contributed by atoms with Gasteiger partial charge in [0, 0.05) is 20.2 Å². The minimum atomic E-state index is 0.443. The number of nitrogens with zero attached hydrogens (tertiary/aromatic N) is 1. The molecule has 3 heteroatoms. The summed E-state index contributed by atoms with van der Waals surface area (Å²) in [6.45, 7) is 6.41. The standard InChI is InChI=1S/C10H22N2O/c1-9(6-11)7-12-5-3-4-10(8-12)13-2/h9-10H,3-8,11H2,1-2H3. The third-order valence-corrected chi connectivity index (χ3v) is 2.77.